The van der Waals surface area contributed by atoms with E-state index >= 15 is 0 Å². The number of rotatable bonds is 39. The number of nitrogens with zero attached hydrogens (tertiary/aromatic N) is 1. The third-order valence-electron chi connectivity index (χ3n) is 9.94. The first-order valence-electron chi connectivity index (χ1n) is 21.7. The van der Waals surface area contributed by atoms with Gasteiger partial charge in [0, 0.05) is 19.4 Å². The Morgan fingerprint density at radius 1 is 0.556 bits per heavy atom. The summed E-state index contributed by atoms with van der Waals surface area (Å²) in [5.74, 6) is -4.71. The molecule has 322 valence electrons. The van der Waals surface area contributed by atoms with Crippen LogP contribution in [0.5, 0.6) is 0 Å². The minimum atomic E-state index is -5.52. The fourth-order valence-electron chi connectivity index (χ4n) is 6.51. The zero-order valence-electron chi connectivity index (χ0n) is 34.2. The number of esters is 1. The fraction of sp³-hybridized carbons (Fsp3) is 0.952. The second-order valence-electron chi connectivity index (χ2n) is 15.0. The summed E-state index contributed by atoms with van der Waals surface area (Å²) in [6.07, 6.45) is 19.3. The first-order valence-corrected chi connectivity index (χ1v) is 21.7. The number of hydrogen-bond donors (Lipinski definition) is 1. The number of aliphatic hydroxyl groups is 1. The predicted molar refractivity (Wildman–Crippen MR) is 207 cm³/mol. The Hall–Kier alpha value is -1.69. The molecule has 0 radical (unpaired) electrons. The highest BCUT2D eigenvalue weighted by Crippen LogP contribution is 2.39. The highest BCUT2D eigenvalue weighted by atomic mass is 19.4. The van der Waals surface area contributed by atoms with Crippen molar-refractivity contribution in [2.24, 2.45) is 0 Å². The first kappa shape index (κ1) is 52.3. The SMILES string of the molecule is CCCCCCCCC(CCCCCCCC)OC(=O)CCCCCCCN(CCO)CCCCCCOC(=O)OCCCCCCC(F)(F)C(F)(F)F. The van der Waals surface area contributed by atoms with E-state index in [2.05, 4.69) is 18.7 Å². The van der Waals surface area contributed by atoms with E-state index in [1.54, 1.807) is 0 Å². The van der Waals surface area contributed by atoms with E-state index in [1.807, 2.05) is 0 Å². The summed E-state index contributed by atoms with van der Waals surface area (Å²) in [5, 5.41) is 9.49. The van der Waals surface area contributed by atoms with E-state index in [-0.39, 0.29) is 44.7 Å². The van der Waals surface area contributed by atoms with Crippen molar-refractivity contribution in [2.45, 2.75) is 218 Å². The van der Waals surface area contributed by atoms with Gasteiger partial charge in [-0.15, -0.1) is 0 Å². The van der Waals surface area contributed by atoms with Crippen LogP contribution in [0.25, 0.3) is 0 Å². The Labute approximate surface area is 325 Å². The molecule has 12 heteroatoms. The molecule has 0 aromatic carbocycles. The number of halogens is 5. The number of alkyl halides is 5. The molecular weight excluding hydrogens is 709 g/mol. The lowest BCUT2D eigenvalue weighted by Crippen LogP contribution is -2.36. The maximum atomic E-state index is 12.9. The number of hydrogen-bond acceptors (Lipinski definition) is 7. The Balaban J connectivity index is 3.97. The van der Waals surface area contributed by atoms with Gasteiger partial charge in [0.15, 0.2) is 0 Å². The lowest BCUT2D eigenvalue weighted by Gasteiger charge is -2.21. The molecule has 0 saturated carbocycles. The van der Waals surface area contributed by atoms with E-state index < -0.39 is 24.7 Å². The molecule has 1 N–H and O–H groups in total. The quantitative estimate of drug-likeness (QED) is 0.0377. The fourth-order valence-corrected chi connectivity index (χ4v) is 6.51. The number of carbonyl (C=O) groups excluding carboxylic acids is 2. The number of unbranched alkanes of at least 4 members (excludes halogenated alkanes) is 20. The summed E-state index contributed by atoms with van der Waals surface area (Å²) in [6.45, 7) is 7.30. The third kappa shape index (κ3) is 32.5. The van der Waals surface area contributed by atoms with Gasteiger partial charge in [-0.25, -0.2) is 4.79 Å². The van der Waals surface area contributed by atoms with Gasteiger partial charge >= 0.3 is 24.2 Å². The van der Waals surface area contributed by atoms with Crippen LogP contribution >= 0.6 is 0 Å². The van der Waals surface area contributed by atoms with Gasteiger partial charge in [0.25, 0.3) is 0 Å². The number of aliphatic hydroxyl groups excluding tert-OH is 1. The van der Waals surface area contributed by atoms with Crippen LogP contribution in [0.4, 0.5) is 26.7 Å². The molecule has 0 aliphatic carbocycles. The highest BCUT2D eigenvalue weighted by Gasteiger charge is 2.56. The van der Waals surface area contributed by atoms with Gasteiger partial charge in [0.05, 0.1) is 19.8 Å². The summed E-state index contributed by atoms with van der Waals surface area (Å²) in [6, 6.07) is 0. The van der Waals surface area contributed by atoms with Gasteiger partial charge in [-0.1, -0.05) is 123 Å². The zero-order chi connectivity index (χ0) is 40.2. The van der Waals surface area contributed by atoms with Gasteiger partial charge in [-0.05, 0) is 77.3 Å². The van der Waals surface area contributed by atoms with Crippen LogP contribution in [-0.4, -0.2) is 79.8 Å². The van der Waals surface area contributed by atoms with Crippen LogP contribution in [0.15, 0.2) is 0 Å². The molecule has 0 saturated heterocycles. The molecule has 0 aromatic heterocycles. The van der Waals surface area contributed by atoms with E-state index in [4.69, 9.17) is 14.2 Å². The van der Waals surface area contributed by atoms with Crippen LogP contribution < -0.4 is 0 Å². The van der Waals surface area contributed by atoms with Crippen LogP contribution in [-0.2, 0) is 19.0 Å². The third-order valence-corrected chi connectivity index (χ3v) is 9.94. The average Bonchev–Trinajstić information content (AvgIpc) is 3.12. The smallest absolute Gasteiger partial charge is 0.462 e. The van der Waals surface area contributed by atoms with Gasteiger partial charge in [0.2, 0.25) is 0 Å². The Bertz CT molecular complexity index is 848. The van der Waals surface area contributed by atoms with Crippen LogP contribution in [0, 0.1) is 0 Å². The van der Waals surface area contributed by atoms with E-state index in [0.717, 1.165) is 90.1 Å². The molecule has 0 rings (SSSR count). The van der Waals surface area contributed by atoms with E-state index in [9.17, 15) is 36.6 Å². The summed E-state index contributed by atoms with van der Waals surface area (Å²) >= 11 is 0. The summed E-state index contributed by atoms with van der Waals surface area (Å²) < 4.78 is 78.2. The van der Waals surface area contributed by atoms with E-state index in [0.29, 0.717) is 32.2 Å². The van der Waals surface area contributed by atoms with Crippen LogP contribution in [0.1, 0.15) is 200 Å². The second-order valence-corrected chi connectivity index (χ2v) is 15.0. The number of ether oxygens (including phenoxy) is 3. The summed E-state index contributed by atoms with van der Waals surface area (Å²) in [7, 11) is 0. The van der Waals surface area contributed by atoms with Gasteiger partial charge in [-0.2, -0.15) is 22.0 Å². The van der Waals surface area contributed by atoms with Crippen LogP contribution in [0.3, 0.4) is 0 Å². The maximum Gasteiger partial charge on any atom is 0.508 e. The van der Waals surface area contributed by atoms with Crippen molar-refractivity contribution in [2.75, 3.05) is 39.5 Å². The molecule has 0 aliphatic rings. The largest absolute Gasteiger partial charge is 0.508 e. The second kappa shape index (κ2) is 35.7. The molecule has 0 amide bonds. The standard InChI is InChI=1S/C42H78F5NO6/c1-3-5-7-9-12-20-28-38(29-21-13-10-8-6-4-2)54-39(50)30-22-14-11-16-24-32-48(34-35-49)33-25-17-19-27-37-53-40(51)52-36-26-18-15-23-31-41(43,44)42(45,46)47/h38,49H,3-37H2,1-2H3. The van der Waals surface area contributed by atoms with Crippen molar-refractivity contribution in [1.29, 1.82) is 0 Å². The molecule has 0 spiro atoms. The molecule has 0 unspecified atom stereocenters. The van der Waals surface area contributed by atoms with Crippen molar-refractivity contribution in [3.05, 3.63) is 0 Å². The molecule has 0 heterocycles. The van der Waals surface area contributed by atoms with Gasteiger partial charge < -0.3 is 24.2 Å². The lowest BCUT2D eigenvalue weighted by atomic mass is 10.0. The monoisotopic (exact) mass is 788 g/mol. The van der Waals surface area contributed by atoms with Crippen molar-refractivity contribution in [3.8, 4) is 0 Å². The van der Waals surface area contributed by atoms with E-state index in [1.165, 1.54) is 64.2 Å². The van der Waals surface area contributed by atoms with Crippen molar-refractivity contribution >= 4 is 12.1 Å². The normalized spacial score (nSPS) is 12.2. The molecule has 0 bridgehead atoms. The topological polar surface area (TPSA) is 85.3 Å². The first-order chi connectivity index (χ1) is 26.0. The number of carbonyl (C=O) groups is 2. The van der Waals surface area contributed by atoms with Gasteiger partial charge in [-0.3, -0.25) is 4.79 Å². The predicted octanol–water partition coefficient (Wildman–Crippen LogP) is 12.9. The van der Waals surface area contributed by atoms with Crippen molar-refractivity contribution in [3.63, 3.8) is 0 Å². The lowest BCUT2D eigenvalue weighted by molar-refractivity contribution is -0.284. The van der Waals surface area contributed by atoms with Gasteiger partial charge in [0.1, 0.15) is 6.10 Å². The molecule has 0 fully saturated rings. The Kier molecular flexibility index (Phi) is 34.6. The summed E-state index contributed by atoms with van der Waals surface area (Å²) in [4.78, 5) is 26.6. The molecule has 0 aliphatic heterocycles. The molecule has 54 heavy (non-hydrogen) atoms. The van der Waals surface area contributed by atoms with Crippen molar-refractivity contribution in [1.82, 2.24) is 4.90 Å². The minimum Gasteiger partial charge on any atom is -0.462 e. The Morgan fingerprint density at radius 3 is 1.46 bits per heavy atom. The van der Waals surface area contributed by atoms with Crippen LogP contribution in [0.2, 0.25) is 0 Å². The maximum absolute atomic E-state index is 12.9. The average molecular weight is 788 g/mol. The molecule has 0 aromatic rings. The minimum absolute atomic E-state index is 0.0308. The molecular formula is C42H78F5NO6. The Morgan fingerprint density at radius 2 is 0.981 bits per heavy atom. The zero-order valence-corrected chi connectivity index (χ0v) is 34.2. The summed E-state index contributed by atoms with van der Waals surface area (Å²) in [5.41, 5.74) is 0. The highest BCUT2D eigenvalue weighted by molar-refractivity contribution is 5.69. The van der Waals surface area contributed by atoms with Crippen molar-refractivity contribution < 1.29 is 50.9 Å². The molecule has 0 atom stereocenters. The molecule has 7 nitrogen and oxygen atoms in total.